The number of ether oxygens (including phenoxy) is 1. The zero-order valence-electron chi connectivity index (χ0n) is 11.5. The summed E-state index contributed by atoms with van der Waals surface area (Å²) in [5.74, 6) is 0.673. The molecule has 0 aliphatic carbocycles. The van der Waals surface area contributed by atoms with Crippen molar-refractivity contribution in [1.82, 2.24) is 0 Å². The molecule has 0 aromatic heterocycles. The van der Waals surface area contributed by atoms with E-state index in [1.54, 1.807) is 25.3 Å². The summed E-state index contributed by atoms with van der Waals surface area (Å²) in [4.78, 5) is 0. The summed E-state index contributed by atoms with van der Waals surface area (Å²) < 4.78 is 6.22. The van der Waals surface area contributed by atoms with E-state index in [0.29, 0.717) is 21.6 Å². The van der Waals surface area contributed by atoms with Crippen LogP contribution in [0.15, 0.2) is 40.9 Å². The fraction of sp³-hybridized carbons (Fsp3) is 0.133. The minimum atomic E-state index is 0.458. The topological polar surface area (TPSA) is 33.3 Å². The van der Waals surface area contributed by atoms with Gasteiger partial charge in [-0.2, -0.15) is 0 Å². The van der Waals surface area contributed by atoms with Crippen molar-refractivity contribution in [3.05, 3.63) is 51.5 Å². The average molecular weight is 386 g/mol. The van der Waals surface area contributed by atoms with Gasteiger partial charge in [-0.15, -0.1) is 0 Å². The van der Waals surface area contributed by atoms with Gasteiger partial charge in [0.25, 0.3) is 0 Å². The Morgan fingerprint density at radius 2 is 1.86 bits per heavy atom. The van der Waals surface area contributed by atoms with Crippen LogP contribution in [0.25, 0.3) is 0 Å². The first kappa shape index (κ1) is 16.1. The van der Waals surface area contributed by atoms with E-state index in [4.69, 9.17) is 28.6 Å². The minimum Gasteiger partial charge on any atom is -0.495 e. The number of hydrogen-bond donors (Lipinski definition) is 2. The van der Waals surface area contributed by atoms with Crippen LogP contribution >= 0.6 is 39.7 Å². The van der Waals surface area contributed by atoms with Gasteiger partial charge in [0.15, 0.2) is 5.11 Å². The lowest BCUT2D eigenvalue weighted by molar-refractivity contribution is 0.417. The number of halogens is 2. The highest BCUT2D eigenvalue weighted by molar-refractivity contribution is 9.10. The molecule has 0 unspecified atom stereocenters. The molecule has 0 amide bonds. The summed E-state index contributed by atoms with van der Waals surface area (Å²) in [7, 11) is 1.60. The van der Waals surface area contributed by atoms with Gasteiger partial charge in [-0.05, 0) is 71.0 Å². The highest BCUT2D eigenvalue weighted by atomic mass is 79.9. The van der Waals surface area contributed by atoms with Gasteiger partial charge in [-0.3, -0.25) is 0 Å². The van der Waals surface area contributed by atoms with Crippen LogP contribution in [-0.4, -0.2) is 12.2 Å². The van der Waals surface area contributed by atoms with Gasteiger partial charge in [0, 0.05) is 9.50 Å². The van der Waals surface area contributed by atoms with Crippen molar-refractivity contribution in [3.8, 4) is 5.75 Å². The average Bonchev–Trinajstić information content (AvgIpc) is 2.42. The second-order valence-electron chi connectivity index (χ2n) is 4.41. The van der Waals surface area contributed by atoms with Crippen LogP contribution in [0.2, 0.25) is 5.02 Å². The molecule has 0 aliphatic rings. The number of rotatable bonds is 3. The van der Waals surface area contributed by atoms with E-state index in [1.165, 1.54) is 5.56 Å². The van der Waals surface area contributed by atoms with Gasteiger partial charge in [-0.1, -0.05) is 17.7 Å². The highest BCUT2D eigenvalue weighted by Crippen LogP contribution is 2.28. The Balaban J connectivity index is 2.13. The van der Waals surface area contributed by atoms with Crippen molar-refractivity contribution < 1.29 is 4.74 Å². The molecule has 0 saturated carbocycles. The van der Waals surface area contributed by atoms with Crippen LogP contribution in [0, 0.1) is 6.92 Å². The lowest BCUT2D eigenvalue weighted by Crippen LogP contribution is -2.19. The van der Waals surface area contributed by atoms with Crippen molar-refractivity contribution in [2.75, 3.05) is 17.7 Å². The Morgan fingerprint density at radius 3 is 2.52 bits per heavy atom. The maximum absolute atomic E-state index is 5.99. The Kier molecular flexibility index (Phi) is 5.45. The van der Waals surface area contributed by atoms with Gasteiger partial charge in [0.2, 0.25) is 0 Å². The van der Waals surface area contributed by atoms with Crippen molar-refractivity contribution in [3.63, 3.8) is 0 Å². The molecule has 0 atom stereocenters. The second-order valence-corrected chi connectivity index (χ2v) is 6.11. The molecule has 2 N–H and O–H groups in total. The summed E-state index contributed by atoms with van der Waals surface area (Å²) >= 11 is 14.8. The molecule has 2 aromatic carbocycles. The molecule has 0 aliphatic heterocycles. The number of hydrogen-bond acceptors (Lipinski definition) is 2. The number of benzene rings is 2. The number of anilines is 2. The first-order chi connectivity index (χ1) is 9.99. The lowest BCUT2D eigenvalue weighted by Gasteiger charge is -2.14. The number of methoxy groups -OCH3 is 1. The van der Waals surface area contributed by atoms with E-state index in [0.717, 1.165) is 10.2 Å². The van der Waals surface area contributed by atoms with E-state index in [9.17, 15) is 0 Å². The summed E-state index contributed by atoms with van der Waals surface area (Å²) in [6.07, 6.45) is 0. The molecule has 0 bridgehead atoms. The number of thiocarbonyl (C=S) groups is 1. The second kappa shape index (κ2) is 7.11. The van der Waals surface area contributed by atoms with E-state index >= 15 is 0 Å². The van der Waals surface area contributed by atoms with Crippen molar-refractivity contribution in [1.29, 1.82) is 0 Å². The van der Waals surface area contributed by atoms with E-state index in [2.05, 4.69) is 26.6 Å². The Labute approximate surface area is 142 Å². The molecule has 21 heavy (non-hydrogen) atoms. The predicted molar refractivity (Wildman–Crippen MR) is 96.7 cm³/mol. The third-order valence-corrected chi connectivity index (χ3v) is 3.88. The molecular weight excluding hydrogens is 372 g/mol. The van der Waals surface area contributed by atoms with Crippen molar-refractivity contribution in [2.24, 2.45) is 0 Å². The van der Waals surface area contributed by atoms with Crippen molar-refractivity contribution >= 4 is 56.2 Å². The zero-order valence-corrected chi connectivity index (χ0v) is 14.7. The van der Waals surface area contributed by atoms with Gasteiger partial charge in [0.1, 0.15) is 5.75 Å². The Morgan fingerprint density at radius 1 is 1.14 bits per heavy atom. The molecule has 110 valence electrons. The molecule has 2 rings (SSSR count). The fourth-order valence-corrected chi connectivity index (χ4v) is 2.76. The maximum atomic E-state index is 5.99. The molecule has 2 aromatic rings. The van der Waals surface area contributed by atoms with Gasteiger partial charge in [-0.25, -0.2) is 0 Å². The third kappa shape index (κ3) is 4.33. The molecule has 0 spiro atoms. The van der Waals surface area contributed by atoms with Crippen LogP contribution in [0.5, 0.6) is 5.75 Å². The van der Waals surface area contributed by atoms with Crippen LogP contribution in [0.4, 0.5) is 11.4 Å². The summed E-state index contributed by atoms with van der Waals surface area (Å²) in [6.45, 7) is 2.03. The lowest BCUT2D eigenvalue weighted by atomic mass is 10.2. The molecule has 0 heterocycles. The van der Waals surface area contributed by atoms with Crippen LogP contribution in [-0.2, 0) is 0 Å². The summed E-state index contributed by atoms with van der Waals surface area (Å²) in [5.41, 5.74) is 2.77. The quantitative estimate of drug-likeness (QED) is 0.709. The van der Waals surface area contributed by atoms with Crippen LogP contribution in [0.3, 0.4) is 0 Å². The largest absolute Gasteiger partial charge is 0.495 e. The van der Waals surface area contributed by atoms with E-state index < -0.39 is 0 Å². The molecule has 0 saturated heterocycles. The molecular formula is C15H14BrClN2OS. The first-order valence-electron chi connectivity index (χ1n) is 6.17. The monoisotopic (exact) mass is 384 g/mol. The third-order valence-electron chi connectivity index (χ3n) is 2.78. The van der Waals surface area contributed by atoms with E-state index in [-0.39, 0.29) is 0 Å². The van der Waals surface area contributed by atoms with E-state index in [1.807, 2.05) is 25.1 Å². The minimum absolute atomic E-state index is 0.458. The highest BCUT2D eigenvalue weighted by Gasteiger charge is 2.07. The zero-order chi connectivity index (χ0) is 15.4. The Bertz CT molecular complexity index is 679. The molecule has 6 heteroatoms. The normalized spacial score (nSPS) is 10.1. The van der Waals surface area contributed by atoms with Crippen LogP contribution in [0.1, 0.15) is 5.56 Å². The van der Waals surface area contributed by atoms with Gasteiger partial charge >= 0.3 is 0 Å². The summed E-state index contributed by atoms with van der Waals surface area (Å²) in [6, 6.07) is 11.3. The maximum Gasteiger partial charge on any atom is 0.175 e. The SMILES string of the molecule is COc1ccc(Cl)cc1NC(=S)Nc1ccc(C)cc1Br. The molecule has 0 radical (unpaired) electrons. The van der Waals surface area contributed by atoms with Crippen molar-refractivity contribution in [2.45, 2.75) is 6.92 Å². The number of aryl methyl sites for hydroxylation is 1. The van der Waals surface area contributed by atoms with Crippen LogP contribution < -0.4 is 15.4 Å². The van der Waals surface area contributed by atoms with Gasteiger partial charge in [0.05, 0.1) is 18.5 Å². The standard InChI is InChI=1S/C15H14BrClN2OS/c1-9-3-5-12(11(16)7-9)18-15(21)19-13-8-10(17)4-6-14(13)20-2/h3-8H,1-2H3,(H2,18,19,21). The fourth-order valence-electron chi connectivity index (χ4n) is 1.78. The predicted octanol–water partition coefficient (Wildman–Crippen LogP) is 5.23. The van der Waals surface area contributed by atoms with Gasteiger partial charge < -0.3 is 15.4 Å². The molecule has 0 fully saturated rings. The first-order valence-corrected chi connectivity index (χ1v) is 7.75. The Hall–Kier alpha value is -1.30. The number of nitrogens with one attached hydrogen (secondary N) is 2. The molecule has 3 nitrogen and oxygen atoms in total. The smallest absolute Gasteiger partial charge is 0.175 e. The summed E-state index contributed by atoms with van der Waals surface area (Å²) in [5, 5.41) is 7.28.